The van der Waals surface area contributed by atoms with Crippen molar-refractivity contribution >= 4 is 22.0 Å². The summed E-state index contributed by atoms with van der Waals surface area (Å²) in [6, 6.07) is 10.9. The van der Waals surface area contributed by atoms with Crippen LogP contribution in [0, 0.1) is 0 Å². The first kappa shape index (κ1) is 22.6. The maximum atomic E-state index is 12.6. The summed E-state index contributed by atoms with van der Waals surface area (Å²) in [5, 5.41) is 2.64. The van der Waals surface area contributed by atoms with Crippen LogP contribution < -0.4 is 19.5 Å². The molecule has 10 heteroatoms. The lowest BCUT2D eigenvalue weighted by Gasteiger charge is -2.16. The largest absolute Gasteiger partial charge is 0.493 e. The molecule has 0 aliphatic carbocycles. The molecule has 0 spiro atoms. The van der Waals surface area contributed by atoms with Crippen molar-refractivity contribution in [2.24, 2.45) is 0 Å². The van der Waals surface area contributed by atoms with E-state index in [4.69, 9.17) is 9.47 Å². The first-order valence-electron chi connectivity index (χ1n) is 9.51. The van der Waals surface area contributed by atoms with Crippen LogP contribution in [0.4, 0.5) is 4.79 Å². The fourth-order valence-corrected chi connectivity index (χ4v) is 4.18. The molecule has 0 unspecified atom stereocenters. The lowest BCUT2D eigenvalue weighted by atomic mass is 10.1. The highest BCUT2D eigenvalue weighted by molar-refractivity contribution is 7.89. The third-order valence-electron chi connectivity index (χ3n) is 4.94. The van der Waals surface area contributed by atoms with Gasteiger partial charge in [0.2, 0.25) is 10.0 Å². The number of imide groups is 1. The second kappa shape index (κ2) is 8.56. The molecule has 1 heterocycles. The Balaban J connectivity index is 1.65. The van der Waals surface area contributed by atoms with Crippen molar-refractivity contribution in [3.05, 3.63) is 53.6 Å². The highest BCUT2D eigenvalue weighted by Gasteiger charge is 2.44. The minimum atomic E-state index is -3.76. The van der Waals surface area contributed by atoms with E-state index in [1.54, 1.807) is 38.1 Å². The molecule has 2 aromatic carbocycles. The summed E-state index contributed by atoms with van der Waals surface area (Å²) < 4.78 is 38.0. The van der Waals surface area contributed by atoms with Crippen LogP contribution in [0.3, 0.4) is 0 Å². The number of rotatable bonds is 8. The number of hydrogen-bond donors (Lipinski definition) is 2. The molecule has 3 amide bonds. The maximum Gasteiger partial charge on any atom is 0.325 e. The summed E-state index contributed by atoms with van der Waals surface area (Å²) in [6.07, 6.45) is 0. The highest BCUT2D eigenvalue weighted by atomic mass is 32.2. The molecule has 166 valence electrons. The second-order valence-corrected chi connectivity index (χ2v) is 9.37. The molecule has 1 saturated heterocycles. The van der Waals surface area contributed by atoms with Gasteiger partial charge >= 0.3 is 6.03 Å². The summed E-state index contributed by atoms with van der Waals surface area (Å²) in [5.41, 5.74) is 0.567. The summed E-state index contributed by atoms with van der Waals surface area (Å²) in [7, 11) is -0.857. The molecule has 2 aromatic rings. The van der Waals surface area contributed by atoms with Crippen LogP contribution >= 0.6 is 0 Å². The van der Waals surface area contributed by atoms with E-state index in [2.05, 4.69) is 10.0 Å². The zero-order valence-corrected chi connectivity index (χ0v) is 18.6. The van der Waals surface area contributed by atoms with Crippen molar-refractivity contribution < 1.29 is 27.5 Å². The number of methoxy groups -OCH3 is 2. The molecular weight excluding hydrogens is 422 g/mol. The lowest BCUT2D eigenvalue weighted by molar-refractivity contribution is -0.130. The normalized spacial score (nSPS) is 15.7. The first-order valence-corrected chi connectivity index (χ1v) is 11.0. The van der Waals surface area contributed by atoms with Gasteiger partial charge in [-0.1, -0.05) is 24.3 Å². The Hall–Kier alpha value is -3.11. The standard InChI is InChI=1S/C21H25N3O6S/c1-21(2)19(25)24(20(26)23-21)13-15-7-5-14(6-8-15)12-22-31(27,28)16-9-10-17(29-3)18(11-16)30-4/h5-11,22H,12-13H2,1-4H3,(H,23,26). The number of hydrogen-bond acceptors (Lipinski definition) is 6. The van der Waals surface area contributed by atoms with Gasteiger partial charge in [0.05, 0.1) is 25.7 Å². The lowest BCUT2D eigenvalue weighted by Crippen LogP contribution is -2.40. The number of carbonyl (C=O) groups is 2. The second-order valence-electron chi connectivity index (χ2n) is 7.60. The van der Waals surface area contributed by atoms with E-state index in [-0.39, 0.29) is 23.9 Å². The maximum absolute atomic E-state index is 12.6. The molecule has 0 saturated carbocycles. The van der Waals surface area contributed by atoms with Crippen molar-refractivity contribution in [2.45, 2.75) is 37.4 Å². The Bertz CT molecular complexity index is 1100. The molecular formula is C21H25N3O6S. The van der Waals surface area contributed by atoms with E-state index in [1.807, 2.05) is 0 Å². The molecule has 0 aromatic heterocycles. The van der Waals surface area contributed by atoms with Gasteiger partial charge in [0, 0.05) is 12.6 Å². The van der Waals surface area contributed by atoms with Gasteiger partial charge in [-0.05, 0) is 37.1 Å². The SMILES string of the molecule is COc1ccc(S(=O)(=O)NCc2ccc(CN3C(=O)NC(C)(C)C3=O)cc2)cc1OC. The number of ether oxygens (including phenoxy) is 2. The van der Waals surface area contributed by atoms with Gasteiger partial charge in [0.15, 0.2) is 11.5 Å². The Labute approximate surface area is 181 Å². The Morgan fingerprint density at radius 2 is 1.58 bits per heavy atom. The molecule has 31 heavy (non-hydrogen) atoms. The van der Waals surface area contributed by atoms with Gasteiger partial charge in [-0.25, -0.2) is 17.9 Å². The number of nitrogens with one attached hydrogen (secondary N) is 2. The molecule has 0 atom stereocenters. The Morgan fingerprint density at radius 3 is 2.13 bits per heavy atom. The zero-order valence-electron chi connectivity index (χ0n) is 17.8. The van der Waals surface area contributed by atoms with Crippen molar-refractivity contribution in [3.8, 4) is 11.5 Å². The van der Waals surface area contributed by atoms with E-state index in [0.29, 0.717) is 11.5 Å². The van der Waals surface area contributed by atoms with E-state index >= 15 is 0 Å². The fraction of sp³-hybridized carbons (Fsp3) is 0.333. The number of carbonyl (C=O) groups excluding carboxylic acids is 2. The topological polar surface area (TPSA) is 114 Å². The van der Waals surface area contributed by atoms with Gasteiger partial charge in [0.25, 0.3) is 5.91 Å². The third kappa shape index (κ3) is 4.80. The zero-order chi connectivity index (χ0) is 22.8. The smallest absolute Gasteiger partial charge is 0.325 e. The van der Waals surface area contributed by atoms with Gasteiger partial charge in [-0.15, -0.1) is 0 Å². The van der Waals surface area contributed by atoms with Crippen LogP contribution in [0.25, 0.3) is 0 Å². The quantitative estimate of drug-likeness (QED) is 0.599. The van der Waals surface area contributed by atoms with Gasteiger partial charge in [0.1, 0.15) is 5.54 Å². The highest BCUT2D eigenvalue weighted by Crippen LogP contribution is 2.29. The average molecular weight is 448 g/mol. The molecule has 3 rings (SSSR count). The first-order chi connectivity index (χ1) is 14.6. The summed E-state index contributed by atoms with van der Waals surface area (Å²) >= 11 is 0. The summed E-state index contributed by atoms with van der Waals surface area (Å²) in [6.45, 7) is 3.53. The van der Waals surface area contributed by atoms with Crippen molar-refractivity contribution in [1.82, 2.24) is 14.9 Å². The number of amides is 3. The van der Waals surface area contributed by atoms with Crippen LogP contribution in [-0.2, 0) is 27.9 Å². The average Bonchev–Trinajstić information content (AvgIpc) is 2.94. The predicted octanol–water partition coefficient (Wildman–Crippen LogP) is 2.01. The van der Waals surface area contributed by atoms with Crippen molar-refractivity contribution in [3.63, 3.8) is 0 Å². The van der Waals surface area contributed by atoms with Crippen molar-refractivity contribution in [2.75, 3.05) is 14.2 Å². The van der Waals surface area contributed by atoms with Gasteiger partial charge in [-0.3, -0.25) is 9.69 Å². The van der Waals surface area contributed by atoms with E-state index in [1.165, 1.54) is 32.4 Å². The summed E-state index contributed by atoms with van der Waals surface area (Å²) in [5.74, 6) is 0.466. The monoisotopic (exact) mass is 447 g/mol. The molecule has 9 nitrogen and oxygen atoms in total. The van der Waals surface area contributed by atoms with Gasteiger partial charge < -0.3 is 14.8 Å². The number of benzene rings is 2. The predicted molar refractivity (Wildman–Crippen MR) is 113 cm³/mol. The van der Waals surface area contributed by atoms with Crippen LogP contribution in [0.15, 0.2) is 47.4 Å². The van der Waals surface area contributed by atoms with Crippen LogP contribution in [0.2, 0.25) is 0 Å². The van der Waals surface area contributed by atoms with Crippen molar-refractivity contribution in [1.29, 1.82) is 0 Å². The number of urea groups is 1. The molecule has 1 aliphatic heterocycles. The molecule has 1 aliphatic rings. The van der Waals surface area contributed by atoms with Crippen LogP contribution in [-0.4, -0.2) is 45.0 Å². The van der Waals surface area contributed by atoms with E-state index in [9.17, 15) is 18.0 Å². The number of sulfonamides is 1. The Kier molecular flexibility index (Phi) is 6.23. The van der Waals surface area contributed by atoms with Crippen LogP contribution in [0.1, 0.15) is 25.0 Å². The third-order valence-corrected chi connectivity index (χ3v) is 6.34. The van der Waals surface area contributed by atoms with E-state index < -0.39 is 21.6 Å². The molecule has 0 bridgehead atoms. The summed E-state index contributed by atoms with van der Waals surface area (Å²) in [4.78, 5) is 25.5. The molecule has 2 N–H and O–H groups in total. The minimum Gasteiger partial charge on any atom is -0.493 e. The van der Waals surface area contributed by atoms with E-state index in [0.717, 1.165) is 16.0 Å². The molecule has 0 radical (unpaired) electrons. The molecule has 1 fully saturated rings. The van der Waals surface area contributed by atoms with Crippen LogP contribution in [0.5, 0.6) is 11.5 Å². The Morgan fingerprint density at radius 1 is 0.968 bits per heavy atom. The minimum absolute atomic E-state index is 0.0583. The fourth-order valence-electron chi connectivity index (χ4n) is 3.15. The van der Waals surface area contributed by atoms with Gasteiger partial charge in [-0.2, -0.15) is 0 Å². The number of nitrogens with zero attached hydrogens (tertiary/aromatic N) is 1.